The van der Waals surface area contributed by atoms with Crippen molar-refractivity contribution in [2.24, 2.45) is 0 Å². The van der Waals surface area contributed by atoms with E-state index in [0.29, 0.717) is 19.4 Å². The van der Waals surface area contributed by atoms with Gasteiger partial charge in [0.1, 0.15) is 18.0 Å². The number of unbranched alkanes of at least 4 members (excludes halogenated alkanes) is 4. The van der Waals surface area contributed by atoms with Crippen LogP contribution in [0.5, 0.6) is 0 Å². The van der Waals surface area contributed by atoms with Gasteiger partial charge in [-0.2, -0.15) is 0 Å². The van der Waals surface area contributed by atoms with Gasteiger partial charge in [-0.05, 0) is 60.6 Å². The average Bonchev–Trinajstić information content (AvgIpc) is 3.42. The molecule has 0 radical (unpaired) electrons. The summed E-state index contributed by atoms with van der Waals surface area (Å²) >= 11 is 0. The number of carboxylic acids is 2. The van der Waals surface area contributed by atoms with Crippen molar-refractivity contribution in [2.45, 2.75) is 63.6 Å². The highest BCUT2D eigenvalue weighted by Crippen LogP contribution is 2.21. The van der Waals surface area contributed by atoms with Gasteiger partial charge in [0, 0.05) is 25.0 Å². The van der Waals surface area contributed by atoms with E-state index in [1.807, 2.05) is 42.5 Å². The van der Waals surface area contributed by atoms with Crippen LogP contribution in [-0.2, 0) is 36.7 Å². The topological polar surface area (TPSA) is 135 Å². The summed E-state index contributed by atoms with van der Waals surface area (Å²) in [5.74, 6) is -2.51. The third kappa shape index (κ3) is 9.94. The quantitative estimate of drug-likeness (QED) is 0.117. The second-order valence-corrected chi connectivity index (χ2v) is 10.6. The first kappa shape index (κ1) is 31.7. The third-order valence-corrected chi connectivity index (χ3v) is 7.26. The van der Waals surface area contributed by atoms with Gasteiger partial charge in [0.2, 0.25) is 0 Å². The Labute approximate surface area is 250 Å². The number of aliphatic carboxylic acids is 2. The first-order chi connectivity index (χ1) is 20.9. The van der Waals surface area contributed by atoms with Crippen LogP contribution in [0, 0.1) is 0 Å². The zero-order valence-electron chi connectivity index (χ0n) is 24.2. The van der Waals surface area contributed by atoms with Crippen LogP contribution in [0.1, 0.15) is 49.8 Å². The van der Waals surface area contributed by atoms with Gasteiger partial charge in [0.15, 0.2) is 12.2 Å². The lowest BCUT2D eigenvalue weighted by molar-refractivity contribution is -0.172. The van der Waals surface area contributed by atoms with Gasteiger partial charge in [-0.25, -0.2) is 9.59 Å². The first-order valence-electron chi connectivity index (χ1n) is 14.8. The van der Waals surface area contributed by atoms with Gasteiger partial charge in [-0.1, -0.05) is 73.5 Å². The molecule has 0 spiro atoms. The molecule has 43 heavy (non-hydrogen) atoms. The number of carboxylic acid groups (broad SMARTS) is 2. The Morgan fingerprint density at radius 3 is 2.21 bits per heavy atom. The number of hydrogen-bond acceptors (Lipinski definition) is 6. The summed E-state index contributed by atoms with van der Waals surface area (Å²) in [6.45, 7) is -0.374. The zero-order chi connectivity index (χ0) is 30.4. The Hall–Kier alpha value is -4.21. The number of ether oxygens (including phenoxy) is 2. The molecule has 0 aliphatic rings. The van der Waals surface area contributed by atoms with E-state index >= 15 is 0 Å². The lowest BCUT2D eigenvalue weighted by atomic mass is 10.0. The van der Waals surface area contributed by atoms with E-state index in [1.54, 1.807) is 0 Å². The van der Waals surface area contributed by atoms with Gasteiger partial charge < -0.3 is 29.4 Å². The number of furan rings is 1. The van der Waals surface area contributed by atoms with E-state index in [1.165, 1.54) is 16.3 Å². The van der Waals surface area contributed by atoms with Crippen molar-refractivity contribution in [3.63, 3.8) is 0 Å². The number of carbonyl (C=O) groups is 3. The van der Waals surface area contributed by atoms with E-state index < -0.39 is 36.7 Å². The predicted molar refractivity (Wildman–Crippen MR) is 163 cm³/mol. The minimum Gasteiger partial charge on any atom is -0.480 e. The van der Waals surface area contributed by atoms with Gasteiger partial charge in [0.05, 0.1) is 0 Å². The van der Waals surface area contributed by atoms with E-state index in [9.17, 15) is 19.5 Å². The molecule has 3 aromatic carbocycles. The van der Waals surface area contributed by atoms with Gasteiger partial charge in [-0.3, -0.25) is 4.79 Å². The molecule has 1 heterocycles. The smallest absolute Gasteiger partial charge is 0.336 e. The van der Waals surface area contributed by atoms with Crippen LogP contribution < -0.4 is 5.32 Å². The van der Waals surface area contributed by atoms with E-state index in [4.69, 9.17) is 19.0 Å². The van der Waals surface area contributed by atoms with Gasteiger partial charge in [-0.15, -0.1) is 0 Å². The number of amides is 1. The molecule has 228 valence electrons. The molecule has 0 saturated heterocycles. The molecule has 9 nitrogen and oxygen atoms in total. The Kier molecular flexibility index (Phi) is 12.1. The van der Waals surface area contributed by atoms with Crippen LogP contribution in [0.3, 0.4) is 0 Å². The number of para-hydroxylation sites is 1. The van der Waals surface area contributed by atoms with Crippen molar-refractivity contribution in [2.75, 3.05) is 19.8 Å². The molecule has 1 aromatic heterocycles. The predicted octanol–water partition coefficient (Wildman–Crippen LogP) is 5.77. The van der Waals surface area contributed by atoms with Crippen LogP contribution in [-0.4, -0.2) is 60.0 Å². The Bertz CT molecular complexity index is 1460. The lowest BCUT2D eigenvalue weighted by Crippen LogP contribution is -2.49. The van der Waals surface area contributed by atoms with Crippen molar-refractivity contribution < 1.29 is 38.5 Å². The second-order valence-electron chi connectivity index (χ2n) is 10.6. The highest BCUT2D eigenvalue weighted by molar-refractivity contribution is 5.88. The van der Waals surface area contributed by atoms with Crippen molar-refractivity contribution in [3.05, 3.63) is 84.1 Å². The minimum absolute atomic E-state index is 0.146. The molecular formula is C34H39NO8. The molecular weight excluding hydrogens is 550 g/mol. The molecule has 0 fully saturated rings. The van der Waals surface area contributed by atoms with Crippen molar-refractivity contribution in [3.8, 4) is 0 Å². The Balaban J connectivity index is 1.20. The molecule has 0 bridgehead atoms. The van der Waals surface area contributed by atoms with Crippen molar-refractivity contribution >= 4 is 39.6 Å². The van der Waals surface area contributed by atoms with E-state index in [-0.39, 0.29) is 6.61 Å². The molecule has 4 rings (SSSR count). The molecule has 9 heteroatoms. The highest BCUT2D eigenvalue weighted by atomic mass is 16.6. The number of nitrogens with one attached hydrogen (secondary N) is 1. The normalized spacial score (nSPS) is 12.7. The number of rotatable bonds is 19. The SMILES string of the molecule is O=C(O)COC(C(=O)O)C(OCCCCCc1ccc2ccccc2c1)C(=O)NCCCCCc1cc2ccccc2o1. The summed E-state index contributed by atoms with van der Waals surface area (Å²) in [4.78, 5) is 35.8. The second kappa shape index (κ2) is 16.4. The fourth-order valence-corrected chi connectivity index (χ4v) is 5.04. The molecule has 4 aromatic rings. The standard InChI is InChI=1S/C34H39NO8/c36-30(37)23-42-32(34(39)40)31(41-20-10-2-3-11-24-17-18-25-12-5-6-13-26(25)21-24)33(38)35-19-9-1-4-15-28-22-27-14-7-8-16-29(27)43-28/h5-8,12-14,16-18,21-22,31-32H,1-4,9-11,15,19-20,23H2,(H,35,38)(H,36,37)(H,39,40). The number of fused-ring (bicyclic) bond motifs is 2. The summed E-state index contributed by atoms with van der Waals surface area (Å²) in [7, 11) is 0. The van der Waals surface area contributed by atoms with Gasteiger partial charge >= 0.3 is 11.9 Å². The van der Waals surface area contributed by atoms with Crippen LogP contribution >= 0.6 is 0 Å². The molecule has 2 unspecified atom stereocenters. The van der Waals surface area contributed by atoms with E-state index in [0.717, 1.165) is 55.3 Å². The van der Waals surface area contributed by atoms with E-state index in [2.05, 4.69) is 35.6 Å². The maximum atomic E-state index is 13.0. The number of aryl methyl sites for hydroxylation is 2. The molecule has 0 saturated carbocycles. The summed E-state index contributed by atoms with van der Waals surface area (Å²) in [5, 5.41) is 24.8. The molecule has 1 amide bonds. The lowest BCUT2D eigenvalue weighted by Gasteiger charge is -2.23. The van der Waals surface area contributed by atoms with Crippen LogP contribution in [0.15, 0.2) is 77.2 Å². The Morgan fingerprint density at radius 2 is 1.44 bits per heavy atom. The largest absolute Gasteiger partial charge is 0.480 e. The maximum Gasteiger partial charge on any atom is 0.336 e. The number of carbonyl (C=O) groups excluding carboxylic acids is 1. The molecule has 0 aliphatic heterocycles. The Morgan fingerprint density at radius 1 is 0.721 bits per heavy atom. The van der Waals surface area contributed by atoms with Crippen molar-refractivity contribution in [1.29, 1.82) is 0 Å². The maximum absolute atomic E-state index is 13.0. The fraction of sp³-hybridized carbons (Fsp3) is 0.382. The summed E-state index contributed by atoms with van der Waals surface area (Å²) in [6, 6.07) is 24.5. The summed E-state index contributed by atoms with van der Waals surface area (Å²) < 4.78 is 16.6. The summed E-state index contributed by atoms with van der Waals surface area (Å²) in [5.41, 5.74) is 2.10. The monoisotopic (exact) mass is 589 g/mol. The molecule has 0 aliphatic carbocycles. The van der Waals surface area contributed by atoms with Crippen LogP contribution in [0.4, 0.5) is 0 Å². The number of benzene rings is 3. The van der Waals surface area contributed by atoms with Crippen LogP contribution in [0.2, 0.25) is 0 Å². The summed E-state index contributed by atoms with van der Waals surface area (Å²) in [6.07, 6.45) is 3.20. The average molecular weight is 590 g/mol. The molecule has 2 atom stereocenters. The molecule has 3 N–H and O–H groups in total. The van der Waals surface area contributed by atoms with Crippen LogP contribution in [0.25, 0.3) is 21.7 Å². The first-order valence-corrected chi connectivity index (χ1v) is 14.8. The third-order valence-electron chi connectivity index (χ3n) is 7.26. The van der Waals surface area contributed by atoms with Gasteiger partial charge in [0.25, 0.3) is 5.91 Å². The van der Waals surface area contributed by atoms with Crippen molar-refractivity contribution in [1.82, 2.24) is 5.32 Å². The highest BCUT2D eigenvalue weighted by Gasteiger charge is 2.36. The fourth-order valence-electron chi connectivity index (χ4n) is 5.04. The number of hydrogen-bond donors (Lipinski definition) is 3. The zero-order valence-corrected chi connectivity index (χ0v) is 24.2. The minimum atomic E-state index is -1.73.